The summed E-state index contributed by atoms with van der Waals surface area (Å²) in [5.74, 6) is -0.795. The number of nitrogens with two attached hydrogens (primary N) is 1. The van der Waals surface area contributed by atoms with Gasteiger partial charge in [-0.25, -0.2) is 0 Å². The molecule has 0 saturated heterocycles. The van der Waals surface area contributed by atoms with Crippen LogP contribution >= 0.6 is 0 Å². The molecule has 0 aromatic heterocycles. The molecule has 0 rings (SSSR count). The van der Waals surface area contributed by atoms with Gasteiger partial charge < -0.3 is 16.0 Å². The molecular weight excluding hydrogens is 206 g/mol. The predicted octanol–water partition coefficient (Wildman–Crippen LogP) is -0.230. The number of primary amides is 1. The Morgan fingerprint density at radius 2 is 2.06 bits per heavy atom. The maximum atomic E-state index is 11.3. The minimum Gasteiger partial charge on any atom is -0.369 e. The van der Waals surface area contributed by atoms with Crippen LogP contribution in [0.25, 0.3) is 0 Å². The quantitative estimate of drug-likeness (QED) is 0.563. The Balaban J connectivity index is 3.48. The van der Waals surface area contributed by atoms with Crippen LogP contribution in [-0.2, 0) is 9.59 Å². The van der Waals surface area contributed by atoms with Crippen molar-refractivity contribution in [2.45, 2.75) is 19.8 Å². The summed E-state index contributed by atoms with van der Waals surface area (Å²) in [6, 6.07) is 0. The lowest BCUT2D eigenvalue weighted by Crippen LogP contribution is -2.29. The molecule has 0 spiro atoms. The molecule has 0 aliphatic carbocycles. The van der Waals surface area contributed by atoms with Crippen LogP contribution in [0.15, 0.2) is 0 Å². The Bertz CT molecular complexity index is 229. The number of nitrogens with one attached hydrogen (secondary N) is 1. The van der Waals surface area contributed by atoms with Crippen molar-refractivity contribution in [2.24, 2.45) is 11.7 Å². The molecule has 1 radical (unpaired) electrons. The van der Waals surface area contributed by atoms with Crippen LogP contribution in [0.1, 0.15) is 19.8 Å². The van der Waals surface area contributed by atoms with E-state index < -0.39 is 0 Å². The van der Waals surface area contributed by atoms with Crippen molar-refractivity contribution in [3.05, 3.63) is 6.42 Å². The molecule has 0 unspecified atom stereocenters. The highest BCUT2D eigenvalue weighted by Gasteiger charge is 2.11. The van der Waals surface area contributed by atoms with Crippen LogP contribution in [0.2, 0.25) is 0 Å². The van der Waals surface area contributed by atoms with Crippen molar-refractivity contribution in [1.29, 1.82) is 0 Å². The molecule has 0 heterocycles. The number of amides is 2. The third-order valence-corrected chi connectivity index (χ3v) is 2.22. The van der Waals surface area contributed by atoms with Crippen molar-refractivity contribution >= 4 is 11.8 Å². The summed E-state index contributed by atoms with van der Waals surface area (Å²) >= 11 is 0. The summed E-state index contributed by atoms with van der Waals surface area (Å²) < 4.78 is 0. The second-order valence-electron chi connectivity index (χ2n) is 4.19. The van der Waals surface area contributed by atoms with Gasteiger partial charge in [0.15, 0.2) is 0 Å². The lowest BCUT2D eigenvalue weighted by molar-refractivity contribution is -0.121. The number of hydrogen-bond donors (Lipinski definition) is 2. The fourth-order valence-corrected chi connectivity index (χ4v) is 1.08. The third kappa shape index (κ3) is 8.23. The molecule has 5 nitrogen and oxygen atoms in total. The Labute approximate surface area is 97.4 Å². The maximum Gasteiger partial charge on any atom is 0.223 e. The highest BCUT2D eigenvalue weighted by molar-refractivity contribution is 5.85. The zero-order valence-electron chi connectivity index (χ0n) is 10.3. The first kappa shape index (κ1) is 14.9. The first-order valence-electron chi connectivity index (χ1n) is 5.48. The van der Waals surface area contributed by atoms with Gasteiger partial charge in [0.05, 0.1) is 6.42 Å². The SMILES string of the molecule is C[C@@H](C[CH]C(=O)NCCCN(C)C)C(N)=O. The van der Waals surface area contributed by atoms with Crippen molar-refractivity contribution in [3.63, 3.8) is 0 Å². The molecule has 0 fully saturated rings. The molecule has 93 valence electrons. The largest absolute Gasteiger partial charge is 0.369 e. The van der Waals surface area contributed by atoms with Gasteiger partial charge in [-0.15, -0.1) is 0 Å². The van der Waals surface area contributed by atoms with Crippen LogP contribution in [-0.4, -0.2) is 43.9 Å². The van der Waals surface area contributed by atoms with E-state index in [2.05, 4.69) is 10.2 Å². The lowest BCUT2D eigenvalue weighted by atomic mass is 10.1. The van der Waals surface area contributed by atoms with Crippen LogP contribution in [0.3, 0.4) is 0 Å². The van der Waals surface area contributed by atoms with E-state index in [0.717, 1.165) is 13.0 Å². The van der Waals surface area contributed by atoms with E-state index >= 15 is 0 Å². The van der Waals surface area contributed by atoms with E-state index in [-0.39, 0.29) is 17.7 Å². The number of carbonyl (C=O) groups excluding carboxylic acids is 2. The average molecular weight is 228 g/mol. The van der Waals surface area contributed by atoms with Gasteiger partial charge in [0, 0.05) is 12.5 Å². The van der Waals surface area contributed by atoms with E-state index in [1.165, 1.54) is 6.42 Å². The number of hydrogen-bond acceptors (Lipinski definition) is 3. The minimum atomic E-state index is -0.378. The molecular formula is C11H22N3O2. The highest BCUT2D eigenvalue weighted by Crippen LogP contribution is 2.02. The molecule has 0 saturated carbocycles. The van der Waals surface area contributed by atoms with Gasteiger partial charge in [-0.1, -0.05) is 6.92 Å². The van der Waals surface area contributed by atoms with Gasteiger partial charge >= 0.3 is 0 Å². The molecule has 0 aliphatic heterocycles. The third-order valence-electron chi connectivity index (χ3n) is 2.22. The summed E-state index contributed by atoms with van der Waals surface area (Å²) in [7, 11) is 3.98. The molecule has 5 heteroatoms. The fraction of sp³-hybridized carbons (Fsp3) is 0.727. The smallest absolute Gasteiger partial charge is 0.223 e. The van der Waals surface area contributed by atoms with Gasteiger partial charge in [-0.05, 0) is 33.5 Å². The van der Waals surface area contributed by atoms with Crippen LogP contribution < -0.4 is 11.1 Å². The van der Waals surface area contributed by atoms with Crippen LogP contribution in [0, 0.1) is 12.3 Å². The Morgan fingerprint density at radius 3 is 2.56 bits per heavy atom. The standard InChI is InChI=1S/C11H22N3O2/c1-9(11(12)16)5-6-10(15)13-7-4-8-14(2)3/h6,9H,4-5,7-8H2,1-3H3,(H2,12,16)(H,13,15)/t9-/m0/s1. The topological polar surface area (TPSA) is 75.4 Å². The van der Waals surface area contributed by atoms with Gasteiger partial charge in [0.2, 0.25) is 11.8 Å². The van der Waals surface area contributed by atoms with Crippen molar-refractivity contribution in [1.82, 2.24) is 10.2 Å². The number of carbonyl (C=O) groups is 2. The Morgan fingerprint density at radius 1 is 1.44 bits per heavy atom. The number of rotatable bonds is 8. The minimum absolute atomic E-state index is 0.133. The average Bonchev–Trinajstić information content (AvgIpc) is 2.20. The zero-order chi connectivity index (χ0) is 12.6. The van der Waals surface area contributed by atoms with Crippen molar-refractivity contribution in [3.8, 4) is 0 Å². The monoisotopic (exact) mass is 228 g/mol. The van der Waals surface area contributed by atoms with Crippen molar-refractivity contribution < 1.29 is 9.59 Å². The predicted molar refractivity (Wildman–Crippen MR) is 63.5 cm³/mol. The molecule has 1 atom stereocenters. The van der Waals surface area contributed by atoms with Gasteiger partial charge in [0.1, 0.15) is 0 Å². The molecule has 3 N–H and O–H groups in total. The summed E-state index contributed by atoms with van der Waals surface area (Å²) in [4.78, 5) is 24.1. The van der Waals surface area contributed by atoms with Crippen molar-refractivity contribution in [2.75, 3.05) is 27.2 Å². The van der Waals surface area contributed by atoms with Crippen LogP contribution in [0.4, 0.5) is 0 Å². The van der Waals surface area contributed by atoms with E-state index in [1.807, 2.05) is 14.1 Å². The molecule has 0 aromatic carbocycles. The van der Waals surface area contributed by atoms with Crippen LogP contribution in [0.5, 0.6) is 0 Å². The van der Waals surface area contributed by atoms with E-state index in [1.54, 1.807) is 6.92 Å². The molecule has 0 bridgehead atoms. The maximum absolute atomic E-state index is 11.3. The first-order valence-corrected chi connectivity index (χ1v) is 5.48. The van der Waals surface area contributed by atoms with E-state index in [4.69, 9.17) is 5.73 Å². The van der Waals surface area contributed by atoms with Gasteiger partial charge in [-0.2, -0.15) is 0 Å². The molecule has 0 aliphatic rings. The molecule has 0 aromatic rings. The van der Waals surface area contributed by atoms with E-state index in [0.29, 0.717) is 13.0 Å². The normalized spacial score (nSPS) is 12.5. The molecule has 16 heavy (non-hydrogen) atoms. The second-order valence-corrected chi connectivity index (χ2v) is 4.19. The summed E-state index contributed by atoms with van der Waals surface area (Å²) in [6.07, 6.45) is 2.79. The Kier molecular flexibility index (Phi) is 7.54. The highest BCUT2D eigenvalue weighted by atomic mass is 16.2. The fourth-order valence-electron chi connectivity index (χ4n) is 1.08. The Hall–Kier alpha value is -1.10. The van der Waals surface area contributed by atoms with E-state index in [9.17, 15) is 9.59 Å². The first-order chi connectivity index (χ1) is 7.43. The molecule has 2 amide bonds. The summed E-state index contributed by atoms with van der Waals surface area (Å²) in [6.45, 7) is 3.30. The second kappa shape index (κ2) is 8.10. The lowest BCUT2D eigenvalue weighted by Gasteiger charge is -2.10. The summed E-state index contributed by atoms with van der Waals surface area (Å²) in [5, 5.41) is 2.76. The summed E-state index contributed by atoms with van der Waals surface area (Å²) in [5.41, 5.74) is 5.08. The zero-order valence-corrected chi connectivity index (χ0v) is 10.3. The van der Waals surface area contributed by atoms with Gasteiger partial charge in [0.25, 0.3) is 0 Å². The van der Waals surface area contributed by atoms with Gasteiger partial charge in [-0.3, -0.25) is 9.59 Å². The number of nitrogens with zero attached hydrogens (tertiary/aromatic N) is 1.